The lowest BCUT2D eigenvalue weighted by atomic mass is 10.1. The normalized spacial score (nSPS) is 11.0. The molecule has 0 aromatic heterocycles. The van der Waals surface area contributed by atoms with Crippen molar-refractivity contribution < 1.29 is 31.5 Å². The summed E-state index contributed by atoms with van der Waals surface area (Å²) in [7, 11) is 0. The molecule has 0 unspecified atom stereocenters. The number of alkyl halides is 3. The van der Waals surface area contributed by atoms with Crippen molar-refractivity contribution in [2.24, 2.45) is 0 Å². The third-order valence-electron chi connectivity index (χ3n) is 3.24. The van der Waals surface area contributed by atoms with Gasteiger partial charge in [0.25, 0.3) is 0 Å². The highest BCUT2D eigenvalue weighted by atomic mass is 35.5. The molecule has 2 aromatic rings. The topological polar surface area (TPSA) is 70.2 Å². The smallest absolute Gasteiger partial charge is 0.344 e. The van der Waals surface area contributed by atoms with Crippen molar-refractivity contribution in [3.05, 3.63) is 64.2 Å². The van der Waals surface area contributed by atoms with Crippen LogP contribution in [0.15, 0.2) is 36.4 Å². The van der Waals surface area contributed by atoms with E-state index in [0.29, 0.717) is 6.07 Å². The molecule has 0 fully saturated rings. The Morgan fingerprint density at radius 1 is 1.00 bits per heavy atom. The number of benzene rings is 2. The first kappa shape index (κ1) is 20.4. The number of carbonyl (C=O) groups is 2. The van der Waals surface area contributed by atoms with Crippen molar-refractivity contribution in [2.45, 2.75) is 12.7 Å². The average Bonchev–Trinajstić information content (AvgIpc) is 2.58. The Labute approximate surface area is 154 Å². The lowest BCUT2D eigenvalue weighted by Crippen LogP contribution is -2.42. The Kier molecular flexibility index (Phi) is 6.21. The quantitative estimate of drug-likeness (QED) is 0.413. The van der Waals surface area contributed by atoms with E-state index in [0.717, 1.165) is 24.3 Å². The number of carbonyl (C=O) groups excluding carboxylic acids is 2. The lowest BCUT2D eigenvalue weighted by Gasteiger charge is -2.12. The van der Waals surface area contributed by atoms with Gasteiger partial charge in [-0.05, 0) is 29.8 Å². The first-order chi connectivity index (χ1) is 12.6. The van der Waals surface area contributed by atoms with Crippen LogP contribution < -0.4 is 16.2 Å². The van der Waals surface area contributed by atoms with Crippen LogP contribution in [0.2, 0.25) is 5.02 Å². The molecule has 0 aliphatic heterocycles. The van der Waals surface area contributed by atoms with Crippen LogP contribution in [0.25, 0.3) is 0 Å². The van der Waals surface area contributed by atoms with Gasteiger partial charge in [-0.25, -0.2) is 8.78 Å². The summed E-state index contributed by atoms with van der Waals surface area (Å²) in [6.45, 7) is -0.378. The molecule has 3 N–H and O–H groups in total. The van der Waals surface area contributed by atoms with Gasteiger partial charge in [0.05, 0.1) is 16.3 Å². The van der Waals surface area contributed by atoms with Crippen molar-refractivity contribution >= 4 is 29.1 Å². The van der Waals surface area contributed by atoms with E-state index in [4.69, 9.17) is 11.6 Å². The van der Waals surface area contributed by atoms with Gasteiger partial charge in [-0.3, -0.25) is 20.4 Å². The Bertz CT molecular complexity index is 874. The molecule has 0 spiro atoms. The molecule has 0 atom stereocenters. The highest BCUT2D eigenvalue weighted by Gasteiger charge is 2.33. The molecule has 0 saturated carbocycles. The van der Waals surface area contributed by atoms with E-state index in [9.17, 15) is 31.5 Å². The molecule has 27 heavy (non-hydrogen) atoms. The lowest BCUT2D eigenvalue weighted by molar-refractivity contribution is -0.139. The van der Waals surface area contributed by atoms with Crippen LogP contribution in [0, 0.1) is 11.6 Å². The highest BCUT2D eigenvalue weighted by molar-refractivity contribution is 6.35. The maximum absolute atomic E-state index is 13.4. The molecule has 0 bridgehead atoms. The SMILES string of the molecule is O=C(NCc1ccc(Cl)c(C(F)(F)F)c1)C(=O)NNc1ccc(F)cc1F. The summed E-state index contributed by atoms with van der Waals surface area (Å²) < 4.78 is 64.5. The minimum Gasteiger partial charge on any atom is -0.344 e. The van der Waals surface area contributed by atoms with E-state index in [1.807, 2.05) is 5.43 Å². The van der Waals surface area contributed by atoms with E-state index in [1.165, 1.54) is 6.07 Å². The van der Waals surface area contributed by atoms with Gasteiger partial charge in [0.15, 0.2) is 5.82 Å². The molecular formula is C16H11ClF5N3O2. The maximum atomic E-state index is 13.4. The molecule has 0 radical (unpaired) electrons. The van der Waals surface area contributed by atoms with Gasteiger partial charge in [0.1, 0.15) is 5.82 Å². The molecule has 0 heterocycles. The van der Waals surface area contributed by atoms with Gasteiger partial charge >= 0.3 is 18.0 Å². The van der Waals surface area contributed by atoms with E-state index in [-0.39, 0.29) is 17.8 Å². The summed E-state index contributed by atoms with van der Waals surface area (Å²) in [6, 6.07) is 5.50. The fourth-order valence-electron chi connectivity index (χ4n) is 1.93. The Morgan fingerprint density at radius 3 is 2.33 bits per heavy atom. The third-order valence-corrected chi connectivity index (χ3v) is 3.57. The van der Waals surface area contributed by atoms with Crippen LogP contribution in [0.4, 0.5) is 27.6 Å². The van der Waals surface area contributed by atoms with Crippen LogP contribution in [-0.2, 0) is 22.3 Å². The zero-order chi connectivity index (χ0) is 20.2. The Morgan fingerprint density at radius 2 is 1.70 bits per heavy atom. The van der Waals surface area contributed by atoms with Crippen LogP contribution in [0.5, 0.6) is 0 Å². The highest BCUT2D eigenvalue weighted by Crippen LogP contribution is 2.35. The number of nitrogens with one attached hydrogen (secondary N) is 3. The fourth-order valence-corrected chi connectivity index (χ4v) is 2.16. The van der Waals surface area contributed by atoms with Crippen molar-refractivity contribution in [2.75, 3.05) is 5.43 Å². The van der Waals surface area contributed by atoms with Crippen LogP contribution >= 0.6 is 11.6 Å². The van der Waals surface area contributed by atoms with Gasteiger partial charge in [-0.15, -0.1) is 0 Å². The molecule has 2 amide bonds. The standard InChI is InChI=1S/C16H11ClF5N3O2/c17-11-3-1-8(5-10(11)16(20,21)22)7-23-14(26)15(27)25-24-13-4-2-9(18)6-12(13)19/h1-6,24H,7H2,(H,23,26)(H,25,27). The average molecular weight is 408 g/mol. The molecule has 0 saturated heterocycles. The monoisotopic (exact) mass is 407 g/mol. The second kappa shape index (κ2) is 8.21. The van der Waals surface area contributed by atoms with Gasteiger partial charge < -0.3 is 5.32 Å². The molecule has 144 valence electrons. The minimum atomic E-state index is -4.67. The van der Waals surface area contributed by atoms with Crippen molar-refractivity contribution in [3.8, 4) is 0 Å². The van der Waals surface area contributed by atoms with Crippen molar-refractivity contribution in [1.82, 2.24) is 10.7 Å². The largest absolute Gasteiger partial charge is 0.417 e. The number of hydrogen-bond donors (Lipinski definition) is 3. The molecule has 11 heteroatoms. The van der Waals surface area contributed by atoms with Crippen LogP contribution in [0.1, 0.15) is 11.1 Å². The zero-order valence-corrected chi connectivity index (χ0v) is 14.0. The Hall–Kier alpha value is -2.88. The van der Waals surface area contributed by atoms with E-state index >= 15 is 0 Å². The fraction of sp³-hybridized carbons (Fsp3) is 0.125. The van der Waals surface area contributed by atoms with Crippen molar-refractivity contribution in [3.63, 3.8) is 0 Å². The molecular weight excluding hydrogens is 397 g/mol. The second-order valence-corrected chi connectivity index (χ2v) is 5.61. The molecule has 5 nitrogen and oxygen atoms in total. The molecule has 0 aliphatic carbocycles. The molecule has 2 rings (SSSR count). The number of hydrazine groups is 1. The van der Waals surface area contributed by atoms with Gasteiger partial charge in [0, 0.05) is 12.6 Å². The third kappa shape index (κ3) is 5.55. The number of rotatable bonds is 4. The summed E-state index contributed by atoms with van der Waals surface area (Å²) >= 11 is 5.48. The summed E-state index contributed by atoms with van der Waals surface area (Å²) in [4.78, 5) is 23.3. The maximum Gasteiger partial charge on any atom is 0.417 e. The number of amides is 2. The second-order valence-electron chi connectivity index (χ2n) is 5.20. The molecule has 0 aliphatic rings. The summed E-state index contributed by atoms with van der Waals surface area (Å²) in [5, 5.41) is 1.60. The zero-order valence-electron chi connectivity index (χ0n) is 13.3. The number of anilines is 1. The Balaban J connectivity index is 1.92. The minimum absolute atomic E-state index is 0.0606. The van der Waals surface area contributed by atoms with Crippen LogP contribution in [0.3, 0.4) is 0 Å². The summed E-state index contributed by atoms with van der Waals surface area (Å²) in [5.41, 5.74) is 2.66. The van der Waals surface area contributed by atoms with E-state index in [1.54, 1.807) is 0 Å². The van der Waals surface area contributed by atoms with Gasteiger partial charge in [-0.1, -0.05) is 17.7 Å². The molecule has 2 aromatic carbocycles. The summed E-state index contributed by atoms with van der Waals surface area (Å²) in [5.74, 6) is -4.25. The first-order valence-corrected chi connectivity index (χ1v) is 7.60. The predicted octanol–water partition coefficient (Wildman–Crippen LogP) is 3.40. The van der Waals surface area contributed by atoms with E-state index in [2.05, 4.69) is 10.7 Å². The summed E-state index contributed by atoms with van der Waals surface area (Å²) in [6.07, 6.45) is -4.67. The van der Waals surface area contributed by atoms with Gasteiger partial charge in [-0.2, -0.15) is 13.2 Å². The predicted molar refractivity (Wildman–Crippen MR) is 86.4 cm³/mol. The number of halogens is 6. The van der Waals surface area contributed by atoms with E-state index < -0.39 is 40.2 Å². The van der Waals surface area contributed by atoms with Gasteiger partial charge in [0.2, 0.25) is 0 Å². The van der Waals surface area contributed by atoms with Crippen molar-refractivity contribution in [1.29, 1.82) is 0 Å². The number of hydrogen-bond acceptors (Lipinski definition) is 3. The van der Waals surface area contributed by atoms with Crippen LogP contribution in [-0.4, -0.2) is 11.8 Å². The first-order valence-electron chi connectivity index (χ1n) is 7.23.